The van der Waals surface area contributed by atoms with E-state index in [1.165, 1.54) is 6.92 Å². The van der Waals surface area contributed by atoms with Crippen molar-refractivity contribution in [2.75, 3.05) is 13.2 Å². The van der Waals surface area contributed by atoms with E-state index < -0.39 is 6.04 Å². The van der Waals surface area contributed by atoms with E-state index >= 15 is 0 Å². The summed E-state index contributed by atoms with van der Waals surface area (Å²) < 4.78 is 0. The van der Waals surface area contributed by atoms with Crippen molar-refractivity contribution < 1.29 is 14.7 Å². The van der Waals surface area contributed by atoms with E-state index in [2.05, 4.69) is 10.6 Å². The van der Waals surface area contributed by atoms with Crippen LogP contribution in [-0.2, 0) is 9.59 Å². The summed E-state index contributed by atoms with van der Waals surface area (Å²) in [6, 6.07) is -0.498. The Hall–Kier alpha value is -1.10. The van der Waals surface area contributed by atoms with Gasteiger partial charge in [-0.3, -0.25) is 9.59 Å². The van der Waals surface area contributed by atoms with Gasteiger partial charge in [0.05, 0.1) is 0 Å². The van der Waals surface area contributed by atoms with E-state index in [4.69, 9.17) is 5.11 Å². The second-order valence-electron chi connectivity index (χ2n) is 3.14. The maximum Gasteiger partial charge on any atom is 0.242 e. The summed E-state index contributed by atoms with van der Waals surface area (Å²) in [5.74, 6) is -0.416. The number of aliphatic hydroxyl groups excluding tert-OH is 1. The molecular weight excluding hydrogens is 184 g/mol. The third-order valence-corrected chi connectivity index (χ3v) is 1.70. The van der Waals surface area contributed by atoms with Crippen molar-refractivity contribution in [1.82, 2.24) is 10.6 Å². The molecule has 0 aliphatic rings. The van der Waals surface area contributed by atoms with Crippen LogP contribution in [0, 0.1) is 0 Å². The summed E-state index contributed by atoms with van der Waals surface area (Å²) in [5.41, 5.74) is 0. The molecule has 5 heteroatoms. The Morgan fingerprint density at radius 1 is 1.36 bits per heavy atom. The Bertz CT molecular complexity index is 194. The van der Waals surface area contributed by atoms with Crippen LogP contribution in [-0.4, -0.2) is 36.1 Å². The highest BCUT2D eigenvalue weighted by Gasteiger charge is 2.11. The normalized spacial score (nSPS) is 11.9. The number of unbranched alkanes of at least 4 members (excludes halogenated alkanes) is 1. The number of carbonyl (C=O) groups excluding carboxylic acids is 2. The number of aliphatic hydroxyl groups is 1. The van der Waals surface area contributed by atoms with Crippen LogP contribution in [0.3, 0.4) is 0 Å². The maximum atomic E-state index is 11.3. The highest BCUT2D eigenvalue weighted by Crippen LogP contribution is 1.86. The van der Waals surface area contributed by atoms with Gasteiger partial charge in [-0.25, -0.2) is 0 Å². The van der Waals surface area contributed by atoms with Crippen molar-refractivity contribution in [2.24, 2.45) is 0 Å². The number of rotatable bonds is 6. The minimum atomic E-state index is -0.498. The summed E-state index contributed by atoms with van der Waals surface area (Å²) >= 11 is 0. The SMILES string of the molecule is CC(=O)NC(C)C(=O)NCCCCO. The monoisotopic (exact) mass is 202 g/mol. The number of amides is 2. The predicted octanol–water partition coefficient (Wildman–Crippen LogP) is -0.600. The molecule has 5 nitrogen and oxygen atoms in total. The van der Waals surface area contributed by atoms with Crippen LogP contribution in [0.1, 0.15) is 26.7 Å². The van der Waals surface area contributed by atoms with E-state index in [-0.39, 0.29) is 18.4 Å². The molecule has 0 saturated carbocycles. The van der Waals surface area contributed by atoms with Gasteiger partial charge in [0.1, 0.15) is 6.04 Å². The first-order valence-electron chi connectivity index (χ1n) is 4.73. The van der Waals surface area contributed by atoms with Gasteiger partial charge in [0.15, 0.2) is 0 Å². The van der Waals surface area contributed by atoms with Crippen LogP contribution >= 0.6 is 0 Å². The molecule has 0 rings (SSSR count). The highest BCUT2D eigenvalue weighted by molar-refractivity contribution is 5.86. The molecule has 0 radical (unpaired) electrons. The van der Waals surface area contributed by atoms with E-state index in [1.54, 1.807) is 6.92 Å². The third-order valence-electron chi connectivity index (χ3n) is 1.70. The lowest BCUT2D eigenvalue weighted by Crippen LogP contribution is -2.44. The molecule has 0 spiro atoms. The fraction of sp³-hybridized carbons (Fsp3) is 0.778. The van der Waals surface area contributed by atoms with Crippen LogP contribution in [0.15, 0.2) is 0 Å². The van der Waals surface area contributed by atoms with Crippen LogP contribution < -0.4 is 10.6 Å². The molecule has 82 valence electrons. The van der Waals surface area contributed by atoms with Gasteiger partial charge in [-0.1, -0.05) is 0 Å². The zero-order chi connectivity index (χ0) is 11.0. The van der Waals surface area contributed by atoms with Gasteiger partial charge in [0.25, 0.3) is 0 Å². The van der Waals surface area contributed by atoms with Gasteiger partial charge in [-0.2, -0.15) is 0 Å². The molecule has 0 aromatic heterocycles. The Balaban J connectivity index is 3.57. The largest absolute Gasteiger partial charge is 0.396 e. The molecule has 0 aromatic carbocycles. The molecule has 3 N–H and O–H groups in total. The van der Waals surface area contributed by atoms with Crippen LogP contribution in [0.4, 0.5) is 0 Å². The average molecular weight is 202 g/mol. The lowest BCUT2D eigenvalue weighted by molar-refractivity contribution is -0.127. The summed E-state index contributed by atoms with van der Waals surface area (Å²) in [5, 5.41) is 13.6. The van der Waals surface area contributed by atoms with Crippen molar-refractivity contribution in [3.63, 3.8) is 0 Å². The lowest BCUT2D eigenvalue weighted by atomic mass is 10.3. The second-order valence-corrected chi connectivity index (χ2v) is 3.14. The van der Waals surface area contributed by atoms with Gasteiger partial charge in [0, 0.05) is 20.1 Å². The molecule has 0 aliphatic carbocycles. The molecule has 2 amide bonds. The molecule has 0 aliphatic heterocycles. The fourth-order valence-electron chi connectivity index (χ4n) is 0.972. The number of nitrogens with one attached hydrogen (secondary N) is 2. The minimum absolute atomic E-state index is 0.136. The van der Waals surface area contributed by atoms with Crippen LogP contribution in [0.5, 0.6) is 0 Å². The summed E-state index contributed by atoms with van der Waals surface area (Å²) in [4.78, 5) is 21.9. The van der Waals surface area contributed by atoms with E-state index in [9.17, 15) is 9.59 Å². The molecule has 14 heavy (non-hydrogen) atoms. The molecule has 0 fully saturated rings. The van der Waals surface area contributed by atoms with Crippen molar-refractivity contribution in [3.05, 3.63) is 0 Å². The van der Waals surface area contributed by atoms with E-state index in [1.807, 2.05) is 0 Å². The van der Waals surface area contributed by atoms with Crippen molar-refractivity contribution in [2.45, 2.75) is 32.7 Å². The first-order chi connectivity index (χ1) is 6.57. The zero-order valence-corrected chi connectivity index (χ0v) is 8.67. The smallest absolute Gasteiger partial charge is 0.242 e. The minimum Gasteiger partial charge on any atom is -0.396 e. The molecule has 0 saturated heterocycles. The highest BCUT2D eigenvalue weighted by atomic mass is 16.3. The zero-order valence-electron chi connectivity index (χ0n) is 8.67. The number of carbonyl (C=O) groups is 2. The van der Waals surface area contributed by atoms with E-state index in [0.717, 1.165) is 6.42 Å². The maximum absolute atomic E-state index is 11.3. The summed E-state index contributed by atoms with van der Waals surface area (Å²) in [6.45, 7) is 3.67. The fourth-order valence-corrected chi connectivity index (χ4v) is 0.972. The molecule has 1 atom stereocenters. The molecule has 0 aromatic rings. The first kappa shape index (κ1) is 12.9. The van der Waals surface area contributed by atoms with E-state index in [0.29, 0.717) is 13.0 Å². The topological polar surface area (TPSA) is 78.4 Å². The first-order valence-corrected chi connectivity index (χ1v) is 4.73. The van der Waals surface area contributed by atoms with Gasteiger partial charge in [0.2, 0.25) is 11.8 Å². The predicted molar refractivity (Wildman–Crippen MR) is 52.6 cm³/mol. The van der Waals surface area contributed by atoms with Crippen molar-refractivity contribution in [1.29, 1.82) is 0 Å². The molecular formula is C9H18N2O3. The van der Waals surface area contributed by atoms with Gasteiger partial charge in [-0.05, 0) is 19.8 Å². The molecule has 0 heterocycles. The van der Waals surface area contributed by atoms with Crippen molar-refractivity contribution in [3.8, 4) is 0 Å². The van der Waals surface area contributed by atoms with Crippen LogP contribution in [0.2, 0.25) is 0 Å². The molecule has 0 bridgehead atoms. The lowest BCUT2D eigenvalue weighted by Gasteiger charge is -2.12. The van der Waals surface area contributed by atoms with Gasteiger partial charge in [-0.15, -0.1) is 0 Å². The van der Waals surface area contributed by atoms with Gasteiger partial charge < -0.3 is 15.7 Å². The standard InChI is InChI=1S/C9H18N2O3/c1-7(11-8(2)13)9(14)10-5-3-4-6-12/h7,12H,3-6H2,1-2H3,(H,10,14)(H,11,13). The second kappa shape index (κ2) is 7.32. The number of hydrogen-bond donors (Lipinski definition) is 3. The number of hydrogen-bond acceptors (Lipinski definition) is 3. The summed E-state index contributed by atoms with van der Waals surface area (Å²) in [6.07, 6.45) is 1.42. The quantitative estimate of drug-likeness (QED) is 0.503. The Morgan fingerprint density at radius 2 is 2.00 bits per heavy atom. The summed E-state index contributed by atoms with van der Waals surface area (Å²) in [7, 11) is 0. The molecule has 1 unspecified atom stereocenters. The Labute approximate surface area is 83.9 Å². The van der Waals surface area contributed by atoms with Crippen LogP contribution in [0.25, 0.3) is 0 Å². The van der Waals surface area contributed by atoms with Gasteiger partial charge >= 0.3 is 0 Å². The third kappa shape index (κ3) is 6.42. The Kier molecular flexibility index (Phi) is 6.74. The average Bonchev–Trinajstić information content (AvgIpc) is 2.11. The van der Waals surface area contributed by atoms with Crippen molar-refractivity contribution >= 4 is 11.8 Å². The Morgan fingerprint density at radius 3 is 2.50 bits per heavy atom.